The van der Waals surface area contributed by atoms with Crippen LogP contribution in [0.25, 0.3) is 0 Å². The van der Waals surface area contributed by atoms with Crippen molar-refractivity contribution in [2.24, 2.45) is 23.7 Å². The van der Waals surface area contributed by atoms with Crippen molar-refractivity contribution < 1.29 is 69.0 Å². The summed E-state index contributed by atoms with van der Waals surface area (Å²) in [6, 6.07) is 8.01. The van der Waals surface area contributed by atoms with E-state index in [1.807, 2.05) is 6.92 Å². The van der Waals surface area contributed by atoms with Gasteiger partial charge in [-0.25, -0.2) is 14.4 Å². The molecular weight excluding hydrogens is 901 g/mol. The monoisotopic (exact) mass is 950 g/mol. The highest BCUT2D eigenvalue weighted by Gasteiger charge is 2.60. The zero-order valence-electron chi connectivity index (χ0n) is 36.0. The predicted octanol–water partition coefficient (Wildman–Crippen LogP) is 1.88. The number of amides is 4. The summed E-state index contributed by atoms with van der Waals surface area (Å²) in [5, 5.41) is 72.4. The van der Waals surface area contributed by atoms with Gasteiger partial charge < -0.3 is 56.8 Å². The topological polar surface area (TPSA) is 313 Å². The number of carbonyl (C=O) groups is 8. The van der Waals surface area contributed by atoms with Crippen LogP contribution in [-0.2, 0) is 28.8 Å². The number of benzene rings is 2. The molecule has 0 radical (unpaired) electrons. The quantitative estimate of drug-likeness (QED) is 0.107. The minimum absolute atomic E-state index is 0.0244. The molecule has 4 amide bonds. The number of carboxylic acids is 4. The largest absolute Gasteiger partial charge is 0.481 e. The third-order valence-electron chi connectivity index (χ3n) is 12.8. The van der Waals surface area contributed by atoms with Gasteiger partial charge in [0.1, 0.15) is 17.3 Å². The molecule has 12 atom stereocenters. The standard InChI is InChI=1S/C44H50N6O14S2/c1-17-31-29(19(3)51)40(56)50(31)34(44(63)64)35(17)65-25-13-27(45-15-25)37(53)47-23-9-5-7-21(11-23)39(55)49-32(30(20(4)52)42(59)60)18(2)36(33(49)43(61)62)66-26-14-28(46-16-26)38(54)48-24-10-6-8-22(12-24)41(57)58/h5-12,17-20,25-32,45-46,51-52H,13-16H2,1-4H3,(H,47,53)(H,48,54)(H,57,58)(H,59,60)(H,61,62)(H,63,64)/t17-,18-,19-,20-,25+,26+,27+,28+,29-,30-,31-,32-/m1/s1. The molecule has 0 unspecified atom stereocenters. The Morgan fingerprint density at radius 3 is 1.68 bits per heavy atom. The summed E-state index contributed by atoms with van der Waals surface area (Å²) < 4.78 is 0. The first-order valence-corrected chi connectivity index (χ1v) is 23.0. The maximum atomic E-state index is 14.6. The molecule has 22 heteroatoms. The first kappa shape index (κ1) is 48.2. The van der Waals surface area contributed by atoms with Gasteiger partial charge in [0.25, 0.3) is 5.91 Å². The molecule has 20 nitrogen and oxygen atoms in total. The highest BCUT2D eigenvalue weighted by molar-refractivity contribution is 8.04. The number of nitrogens with one attached hydrogen (secondary N) is 4. The number of fused-ring (bicyclic) bond motifs is 1. The van der Waals surface area contributed by atoms with Crippen molar-refractivity contribution in [2.45, 2.75) is 87.4 Å². The molecule has 0 aliphatic carbocycles. The molecule has 3 fully saturated rings. The van der Waals surface area contributed by atoms with Crippen LogP contribution in [0.1, 0.15) is 61.3 Å². The van der Waals surface area contributed by atoms with Crippen molar-refractivity contribution in [3.05, 3.63) is 80.9 Å². The third kappa shape index (κ3) is 9.16. The second-order valence-corrected chi connectivity index (χ2v) is 19.9. The molecule has 352 valence electrons. The van der Waals surface area contributed by atoms with E-state index < -0.39 is 113 Å². The average Bonchev–Trinajstić information content (AvgIpc) is 4.03. The predicted molar refractivity (Wildman–Crippen MR) is 239 cm³/mol. The number of aliphatic hydroxyl groups is 2. The summed E-state index contributed by atoms with van der Waals surface area (Å²) in [7, 11) is 0. The number of aromatic carboxylic acids is 1. The summed E-state index contributed by atoms with van der Waals surface area (Å²) in [4.78, 5) is 107. The Labute approximate surface area is 386 Å². The number of aliphatic carboxylic acids is 3. The molecule has 0 saturated carbocycles. The number of hydrogen-bond acceptors (Lipinski definition) is 14. The van der Waals surface area contributed by atoms with Gasteiger partial charge in [-0.1, -0.05) is 26.0 Å². The van der Waals surface area contributed by atoms with Crippen LogP contribution in [0.4, 0.5) is 11.4 Å². The number of β-lactam (4-membered cyclic amide) rings is 1. The van der Waals surface area contributed by atoms with E-state index in [4.69, 9.17) is 0 Å². The van der Waals surface area contributed by atoms with E-state index in [2.05, 4.69) is 21.3 Å². The van der Waals surface area contributed by atoms with Crippen molar-refractivity contribution in [1.82, 2.24) is 20.4 Å². The van der Waals surface area contributed by atoms with E-state index in [1.165, 1.54) is 79.0 Å². The van der Waals surface area contributed by atoms with E-state index >= 15 is 0 Å². The minimum Gasteiger partial charge on any atom is -0.481 e. The van der Waals surface area contributed by atoms with Crippen molar-refractivity contribution in [3.8, 4) is 0 Å². The molecule has 2 aromatic carbocycles. The van der Waals surface area contributed by atoms with Crippen LogP contribution in [0, 0.1) is 23.7 Å². The van der Waals surface area contributed by atoms with Crippen LogP contribution >= 0.6 is 23.5 Å². The Morgan fingerprint density at radius 1 is 0.712 bits per heavy atom. The molecule has 7 rings (SSSR count). The van der Waals surface area contributed by atoms with Crippen LogP contribution in [0.3, 0.4) is 0 Å². The molecule has 3 saturated heterocycles. The Hall–Kier alpha value is -5.78. The van der Waals surface area contributed by atoms with Crippen molar-refractivity contribution >= 4 is 82.4 Å². The van der Waals surface area contributed by atoms with Crippen molar-refractivity contribution in [1.29, 1.82) is 0 Å². The second kappa shape index (κ2) is 19.2. The zero-order chi connectivity index (χ0) is 48.0. The van der Waals surface area contributed by atoms with Gasteiger partial charge in [0, 0.05) is 62.2 Å². The van der Waals surface area contributed by atoms with E-state index in [-0.39, 0.29) is 63.7 Å². The molecule has 2 aromatic rings. The molecule has 66 heavy (non-hydrogen) atoms. The fourth-order valence-electron chi connectivity index (χ4n) is 9.66. The minimum atomic E-state index is -1.64. The van der Waals surface area contributed by atoms with Gasteiger partial charge in [-0.3, -0.25) is 28.9 Å². The fraction of sp³-hybridized carbons (Fsp3) is 0.455. The van der Waals surface area contributed by atoms with Crippen molar-refractivity contribution in [3.63, 3.8) is 0 Å². The van der Waals surface area contributed by atoms with E-state index in [9.17, 15) is 69.0 Å². The molecule has 5 heterocycles. The lowest BCUT2D eigenvalue weighted by molar-refractivity contribution is -0.163. The molecule has 0 aromatic heterocycles. The average molecular weight is 951 g/mol. The zero-order valence-corrected chi connectivity index (χ0v) is 37.7. The third-order valence-corrected chi connectivity index (χ3v) is 15.8. The number of aliphatic hydroxyl groups excluding tert-OH is 2. The number of anilines is 2. The summed E-state index contributed by atoms with van der Waals surface area (Å²) in [5.41, 5.74) is -0.305. The Balaban J connectivity index is 1.07. The van der Waals surface area contributed by atoms with Gasteiger partial charge in [0.2, 0.25) is 17.7 Å². The summed E-state index contributed by atoms with van der Waals surface area (Å²) in [5.74, 6) is -11.4. The van der Waals surface area contributed by atoms with E-state index in [1.54, 1.807) is 6.92 Å². The van der Waals surface area contributed by atoms with Gasteiger partial charge in [0.05, 0.1) is 47.9 Å². The number of rotatable bonds is 16. The SMILES string of the molecule is C[C@@H](O)[C@@H](C(=O)O)[C@H]1[C@@H](C)C(S[C@@H]2CN[C@H](C(=O)Nc3cccc(C(=O)O)c3)C2)=C(C(=O)O)N1C(=O)c1cccc(NC(=O)[C@@H]2C[C@H](SC3=C(C(=O)O)N4C(=O)[C@H]([C@@H](C)O)[C@H]4[C@H]3C)CN2)c1. The first-order chi connectivity index (χ1) is 31.2. The second-order valence-electron chi connectivity index (χ2n) is 17.2. The van der Waals surface area contributed by atoms with Crippen LogP contribution in [-0.4, -0.2) is 148 Å². The summed E-state index contributed by atoms with van der Waals surface area (Å²) >= 11 is 2.35. The van der Waals surface area contributed by atoms with Gasteiger partial charge in [-0.2, -0.15) is 0 Å². The number of nitrogens with zero attached hydrogens (tertiary/aromatic N) is 2. The van der Waals surface area contributed by atoms with Crippen LogP contribution in [0.15, 0.2) is 69.7 Å². The highest BCUT2D eigenvalue weighted by atomic mass is 32.2. The fourth-order valence-corrected chi connectivity index (χ4v) is 12.6. The molecule has 5 aliphatic rings. The normalized spacial score (nSPS) is 28.4. The number of thioether (sulfide) groups is 2. The van der Waals surface area contributed by atoms with Gasteiger partial charge in [0.15, 0.2) is 0 Å². The molecule has 5 aliphatic heterocycles. The van der Waals surface area contributed by atoms with Crippen molar-refractivity contribution in [2.75, 3.05) is 23.7 Å². The number of carbonyl (C=O) groups excluding carboxylic acids is 4. The summed E-state index contributed by atoms with van der Waals surface area (Å²) in [6.07, 6.45) is -2.02. The van der Waals surface area contributed by atoms with Gasteiger partial charge in [-0.05, 0) is 63.1 Å². The maximum absolute atomic E-state index is 14.6. The molecule has 0 spiro atoms. The first-order valence-electron chi connectivity index (χ1n) is 21.3. The lowest BCUT2D eigenvalue weighted by atomic mass is 9.79. The Bertz CT molecular complexity index is 2440. The van der Waals surface area contributed by atoms with E-state index in [0.29, 0.717) is 11.4 Å². The Morgan fingerprint density at radius 2 is 1.21 bits per heavy atom. The molecule has 0 bridgehead atoms. The Kier molecular flexibility index (Phi) is 14.0. The summed E-state index contributed by atoms with van der Waals surface area (Å²) in [6.45, 7) is 6.66. The van der Waals surface area contributed by atoms with E-state index in [0.717, 1.165) is 16.7 Å². The van der Waals surface area contributed by atoms with Gasteiger partial charge >= 0.3 is 23.9 Å². The maximum Gasteiger partial charge on any atom is 0.353 e. The lowest BCUT2D eigenvalue weighted by Gasteiger charge is -2.46. The number of carboxylic acid groups (broad SMARTS) is 4. The highest BCUT2D eigenvalue weighted by Crippen LogP contribution is 2.52. The van der Waals surface area contributed by atoms with Crippen LogP contribution in [0.2, 0.25) is 0 Å². The lowest BCUT2D eigenvalue weighted by Crippen LogP contribution is -2.63. The smallest absolute Gasteiger partial charge is 0.353 e. The molecule has 10 N–H and O–H groups in total. The van der Waals surface area contributed by atoms with Gasteiger partial charge in [-0.15, -0.1) is 23.5 Å². The van der Waals surface area contributed by atoms with Crippen LogP contribution < -0.4 is 21.3 Å². The van der Waals surface area contributed by atoms with Crippen LogP contribution in [0.5, 0.6) is 0 Å². The number of hydrogen-bond donors (Lipinski definition) is 10. The molecular formula is C44H50N6O14S2.